The van der Waals surface area contributed by atoms with E-state index < -0.39 is 0 Å². The lowest BCUT2D eigenvalue weighted by atomic mass is 10.1. The molecular weight excluding hydrogens is 1690 g/mol. The molecule has 0 saturated carbocycles. The van der Waals surface area contributed by atoms with Gasteiger partial charge in [0.25, 0.3) is 34.7 Å². The first-order chi connectivity index (χ1) is 54.5. The molecule has 626 valence electrons. The molecule has 0 aliphatic rings. The fraction of sp³-hybridized carbons (Fsp3) is 0.213. The highest BCUT2D eigenvalue weighted by molar-refractivity contribution is 6.28. The van der Waals surface area contributed by atoms with E-state index in [4.69, 9.17) is 11.6 Å². The van der Waals surface area contributed by atoms with Crippen molar-refractivity contribution in [1.82, 2.24) is 5.32 Å². The Kier molecular flexibility index (Phi) is 47.4. The summed E-state index contributed by atoms with van der Waals surface area (Å²) in [5.41, 5.74) is 15.7. The Morgan fingerprint density at radius 1 is 0.319 bits per heavy atom. The second-order valence-corrected chi connectivity index (χ2v) is 27.5. The van der Waals surface area contributed by atoms with Crippen molar-refractivity contribution in [2.24, 2.45) is 42.3 Å². The number of benzene rings is 7. The molecule has 0 atom stereocenters. The van der Waals surface area contributed by atoms with Crippen LogP contribution >= 0.6 is 11.6 Å². The number of pyridine rings is 6. The fourth-order valence-corrected chi connectivity index (χ4v) is 11.8. The fourth-order valence-electron chi connectivity index (χ4n) is 11.6. The number of aromatic nitrogens is 6. The molecule has 18 nitrogen and oxygen atoms in total. The van der Waals surface area contributed by atoms with Crippen molar-refractivity contribution in [2.45, 2.75) is 93.0 Å². The Morgan fingerprint density at radius 2 is 0.748 bits per heavy atom. The van der Waals surface area contributed by atoms with Crippen molar-refractivity contribution in [2.75, 3.05) is 26.6 Å². The third-order valence-electron chi connectivity index (χ3n) is 18.3. The average Bonchev–Trinajstić information content (AvgIpc) is 0.806. The zero-order valence-electron chi connectivity index (χ0n) is 69.1. The van der Waals surface area contributed by atoms with E-state index >= 15 is 0 Å². The van der Waals surface area contributed by atoms with Crippen LogP contribution in [0.15, 0.2) is 286 Å². The maximum Gasteiger partial charge on any atom is 0.276 e. The number of hydrogen-bond donors (Lipinski definition) is 6. The van der Waals surface area contributed by atoms with Crippen molar-refractivity contribution in [3.05, 3.63) is 353 Å². The van der Waals surface area contributed by atoms with Crippen molar-refractivity contribution in [3.63, 3.8) is 0 Å². The van der Waals surface area contributed by atoms with Gasteiger partial charge in [-0.1, -0.05) is 114 Å². The molecule has 7 aromatic carbocycles. The monoisotopic (exact) mass is 1790 g/mol. The number of nitrogens with one attached hydrogen (secondary N) is 6. The zero-order chi connectivity index (χ0) is 81.2. The van der Waals surface area contributed by atoms with Crippen LogP contribution in [-0.4, -0.2) is 35.4 Å². The first-order valence-electron chi connectivity index (χ1n) is 38.1. The summed E-state index contributed by atoms with van der Waals surface area (Å²) < 4.78 is 11.6. The van der Waals surface area contributed by atoms with Gasteiger partial charge in [0.2, 0.25) is 11.4 Å². The van der Waals surface area contributed by atoms with E-state index in [2.05, 4.69) is 66.5 Å². The number of carbonyl (C=O) groups is 6. The zero-order valence-corrected chi connectivity index (χ0v) is 75.2. The van der Waals surface area contributed by atoms with Gasteiger partial charge in [-0.2, -0.15) is 4.57 Å². The Balaban J connectivity index is 0.000000482. The first kappa shape index (κ1) is 104. The average molecular weight is 1790 g/mol. The summed E-state index contributed by atoms with van der Waals surface area (Å²) in [6.07, 6.45) is 25.7. The minimum absolute atomic E-state index is 0. The summed E-state index contributed by atoms with van der Waals surface area (Å²) in [6.45, 7) is 13.0. The number of hydrogen-bond acceptors (Lipinski definition) is 6. The van der Waals surface area contributed by atoms with E-state index in [0.717, 1.165) is 88.5 Å². The van der Waals surface area contributed by atoms with E-state index in [1.807, 2.05) is 346 Å². The number of anilines is 5. The van der Waals surface area contributed by atoms with E-state index in [-0.39, 0.29) is 114 Å². The minimum Gasteiger partial charge on any atom is -1.00 e. The first-order valence-corrected chi connectivity index (χ1v) is 38.5. The molecule has 25 heteroatoms. The van der Waals surface area contributed by atoms with E-state index in [1.165, 1.54) is 27.8 Å². The van der Waals surface area contributed by atoms with E-state index in [0.29, 0.717) is 51.6 Å². The number of fused-ring (bicyclic) bond motifs is 2. The second kappa shape index (κ2) is 54.2. The van der Waals surface area contributed by atoms with Crippen LogP contribution in [0.25, 0.3) is 21.7 Å². The number of halogens is 7. The smallest absolute Gasteiger partial charge is 0.276 e. The molecule has 119 heavy (non-hydrogen) atoms. The molecule has 0 unspecified atom stereocenters. The van der Waals surface area contributed by atoms with Gasteiger partial charge >= 0.3 is 0 Å². The lowest BCUT2D eigenvalue weighted by Crippen LogP contribution is -3.00. The Bertz CT molecular complexity index is 5370. The van der Waals surface area contributed by atoms with Crippen LogP contribution in [0.3, 0.4) is 0 Å². The van der Waals surface area contributed by atoms with E-state index in [9.17, 15) is 28.8 Å². The summed E-state index contributed by atoms with van der Waals surface area (Å²) in [7, 11) is 11.7. The van der Waals surface area contributed by atoms with Gasteiger partial charge in [-0.15, -0.1) is 0 Å². The molecule has 6 aromatic heterocycles. The van der Waals surface area contributed by atoms with Gasteiger partial charge in [0.15, 0.2) is 62.0 Å². The van der Waals surface area contributed by atoms with Gasteiger partial charge in [-0.25, -0.2) is 22.8 Å². The minimum atomic E-state index is -0.132. The summed E-state index contributed by atoms with van der Waals surface area (Å²) >= 11 is 5.99. The molecule has 13 rings (SSSR count). The maximum atomic E-state index is 12.4. The van der Waals surface area contributed by atoms with Gasteiger partial charge < -0.3 is 111 Å². The molecule has 0 saturated heterocycles. The highest BCUT2D eigenvalue weighted by atomic mass is 79.9. The van der Waals surface area contributed by atoms with Gasteiger partial charge in [-0.3, -0.25) is 28.8 Å². The van der Waals surface area contributed by atoms with Crippen LogP contribution < -0.4 is 138 Å². The Morgan fingerprint density at radius 3 is 1.25 bits per heavy atom. The van der Waals surface area contributed by atoms with Crippen LogP contribution in [0, 0.1) is 0 Å². The lowest BCUT2D eigenvalue weighted by molar-refractivity contribution is -0.672. The number of nitrogens with zero attached hydrogens (tertiary/aromatic N) is 6. The molecular formula is C94H105BrCl6N12O6. The van der Waals surface area contributed by atoms with Crippen LogP contribution in [0.2, 0.25) is 5.15 Å². The molecule has 6 heterocycles. The topological polar surface area (TPSA) is 198 Å². The molecule has 0 radical (unpaired) electrons. The van der Waals surface area contributed by atoms with Crippen molar-refractivity contribution in [3.8, 4) is 0 Å². The quantitative estimate of drug-likeness (QED) is 0.0384. The SMILES string of the molecule is CCCC(=O)Nc1cc[n+](C)cc1.CCc1ccc(C(=O)NCc2ccc[n+](C)c2)cc1.CCc1ccc(C(=O)Nc2cc[n+](C)c(Cl)c2)cc1.CCc1ccc(C(=O)Nc2cccc3c2ccc[n+]3C)cc1.CCc1ccc(C(=O)Nc2cccc3c[n+](C)ccc23)cc1.CCc1cccc(C(=O)Nc2ccc[n+](C)c2)c1.[Br-].[Cl-].[Cl-].[Cl-].[Cl-].[Cl-]. The van der Waals surface area contributed by atoms with Crippen LogP contribution in [0.4, 0.5) is 28.4 Å². The second-order valence-electron chi connectivity index (χ2n) is 27.1. The summed E-state index contributed by atoms with van der Waals surface area (Å²) in [6, 6.07) is 71.5. The van der Waals surface area contributed by atoms with Gasteiger partial charge in [0.1, 0.15) is 48.0 Å². The molecule has 6 N–H and O–H groups in total. The summed E-state index contributed by atoms with van der Waals surface area (Å²) in [5.74, 6) is -0.320. The van der Waals surface area contributed by atoms with Crippen LogP contribution in [0.1, 0.15) is 140 Å². The van der Waals surface area contributed by atoms with Crippen LogP contribution in [-0.2, 0) is 85.7 Å². The van der Waals surface area contributed by atoms with E-state index in [1.54, 1.807) is 16.8 Å². The number of aryl methyl sites for hydroxylation is 11. The molecule has 0 bridgehead atoms. The van der Waals surface area contributed by atoms with Crippen molar-refractivity contribution >= 4 is 97.2 Å². The summed E-state index contributed by atoms with van der Waals surface area (Å²) in [5, 5.41) is 21.2. The Hall–Kier alpha value is -11.0. The number of rotatable bonds is 19. The van der Waals surface area contributed by atoms with Gasteiger partial charge in [-0.05, 0) is 175 Å². The molecule has 0 aliphatic heterocycles. The van der Waals surface area contributed by atoms with Crippen LogP contribution in [0.5, 0.6) is 0 Å². The molecule has 6 amide bonds. The lowest BCUT2D eigenvalue weighted by Gasteiger charge is -2.08. The highest BCUT2D eigenvalue weighted by Gasteiger charge is 2.16. The number of carbonyl (C=O) groups excluding carboxylic acids is 6. The molecule has 0 fully saturated rings. The van der Waals surface area contributed by atoms with Gasteiger partial charge in [0.05, 0.1) is 22.4 Å². The summed E-state index contributed by atoms with van der Waals surface area (Å²) in [4.78, 5) is 72.1. The maximum absolute atomic E-state index is 12.4. The largest absolute Gasteiger partial charge is 1.00 e. The normalized spacial score (nSPS) is 9.79. The highest BCUT2D eigenvalue weighted by Crippen LogP contribution is 2.24. The predicted octanol–water partition coefficient (Wildman–Crippen LogP) is -2.46. The third-order valence-corrected chi connectivity index (χ3v) is 18.7. The molecule has 0 spiro atoms. The Labute approximate surface area is 746 Å². The van der Waals surface area contributed by atoms with Gasteiger partial charge in [0, 0.05) is 117 Å². The number of amides is 6. The predicted molar refractivity (Wildman–Crippen MR) is 451 cm³/mol. The van der Waals surface area contributed by atoms with Crippen molar-refractivity contribution < 1.29 is 135 Å². The standard InChI is InChI=1S/2C19H18N2O.C16H18N2O.C15H15ClN2O.C15H16N2O.C10H14N2O.BrH.5ClH/c1-3-14-9-11-15(12-10-14)19(22)20-17-7-4-8-18-16(17)6-5-13-21(18)2;1-3-14-7-9-15(10-8-14)19(22)20-18-6-4-5-16-13-21(2)12-11-17(16)18;1-3-13-6-8-15(9-7-13)16(19)17-11-14-5-4-10-18(2)12-14;1-3-11-4-6-12(7-5-11)15(19)17-13-8-9-18(2)14(16)10-13;1-3-12-6-4-7-13(10-12)15(18)16-14-8-5-9-17(2)11-14;1-3-4-10(13)11-9-5-7-12(2)8-6-9;;;;;;/h2*4-13H,3H2,1-2H3;4-10,12H,3,11H2,1-2H3;4-10H,3H2,1-2H3;4-11H,3H2,1-2H3;5-8H,3-4H2,1-2H3;6*1H. The molecule has 0 aliphatic carbocycles. The van der Waals surface area contributed by atoms with Crippen molar-refractivity contribution in [1.29, 1.82) is 0 Å². The molecule has 13 aromatic rings. The third kappa shape index (κ3) is 33.7.